The second-order valence-electron chi connectivity index (χ2n) is 2.41. The van der Waals surface area contributed by atoms with Gasteiger partial charge in [0.25, 0.3) is 0 Å². The van der Waals surface area contributed by atoms with E-state index in [4.69, 9.17) is 5.73 Å². The minimum atomic E-state index is 0.987. The highest BCUT2D eigenvalue weighted by atomic mass is 14.5. The Bertz CT molecular complexity index is 236. The summed E-state index contributed by atoms with van der Waals surface area (Å²) >= 11 is 0. The monoisotopic (exact) mass is 147 g/mol. The van der Waals surface area contributed by atoms with Gasteiger partial charge in [0.1, 0.15) is 0 Å². The van der Waals surface area contributed by atoms with Gasteiger partial charge in [-0.15, -0.1) is 0 Å². The topological polar surface area (TPSA) is 26.0 Å². The van der Waals surface area contributed by atoms with E-state index in [2.05, 4.69) is 19.1 Å². The van der Waals surface area contributed by atoms with Gasteiger partial charge in [0.05, 0.1) is 0 Å². The van der Waals surface area contributed by atoms with Crippen LogP contribution in [0.3, 0.4) is 0 Å². The molecule has 1 heteroatoms. The van der Waals surface area contributed by atoms with E-state index >= 15 is 0 Å². The van der Waals surface area contributed by atoms with Crippen LogP contribution in [0.1, 0.15) is 18.9 Å². The SMILES string of the molecule is CCC(=CN)c1ccccc1. The quantitative estimate of drug-likeness (QED) is 0.683. The van der Waals surface area contributed by atoms with E-state index in [9.17, 15) is 0 Å². The highest BCUT2D eigenvalue weighted by Crippen LogP contribution is 2.15. The van der Waals surface area contributed by atoms with Crippen LogP contribution in [0.25, 0.3) is 5.57 Å². The Morgan fingerprint density at radius 3 is 2.45 bits per heavy atom. The molecule has 1 aromatic carbocycles. The van der Waals surface area contributed by atoms with E-state index in [-0.39, 0.29) is 0 Å². The molecule has 2 N–H and O–H groups in total. The molecule has 0 aliphatic heterocycles. The van der Waals surface area contributed by atoms with Crippen LogP contribution >= 0.6 is 0 Å². The molecule has 1 aromatic rings. The molecule has 0 fully saturated rings. The Kier molecular flexibility index (Phi) is 2.73. The Morgan fingerprint density at radius 2 is 2.00 bits per heavy atom. The number of hydrogen-bond donors (Lipinski definition) is 1. The average Bonchev–Trinajstić information content (AvgIpc) is 2.09. The first-order chi connectivity index (χ1) is 5.38. The van der Waals surface area contributed by atoms with Crippen LogP contribution < -0.4 is 5.73 Å². The van der Waals surface area contributed by atoms with Crippen molar-refractivity contribution in [2.45, 2.75) is 13.3 Å². The summed E-state index contributed by atoms with van der Waals surface area (Å²) in [6, 6.07) is 10.2. The molecular formula is C10H13N. The number of hydrogen-bond acceptors (Lipinski definition) is 1. The molecule has 0 amide bonds. The molecule has 0 spiro atoms. The first kappa shape index (κ1) is 7.86. The summed E-state index contributed by atoms with van der Waals surface area (Å²) in [6.45, 7) is 2.10. The molecule has 0 aromatic heterocycles. The fourth-order valence-corrected chi connectivity index (χ4v) is 1.07. The lowest BCUT2D eigenvalue weighted by Crippen LogP contribution is -1.87. The van der Waals surface area contributed by atoms with Gasteiger partial charge in [-0.05, 0) is 23.8 Å². The van der Waals surface area contributed by atoms with Crippen molar-refractivity contribution in [2.24, 2.45) is 5.73 Å². The minimum absolute atomic E-state index is 0.987. The molecule has 11 heavy (non-hydrogen) atoms. The number of benzene rings is 1. The van der Waals surface area contributed by atoms with Crippen molar-refractivity contribution in [3.05, 3.63) is 42.1 Å². The third kappa shape index (κ3) is 1.84. The van der Waals surface area contributed by atoms with Gasteiger partial charge in [0.15, 0.2) is 0 Å². The smallest absolute Gasteiger partial charge is 0.00238 e. The standard InChI is InChI=1S/C10H13N/c1-2-9(8-11)10-6-4-3-5-7-10/h3-8H,2,11H2,1H3. The van der Waals surface area contributed by atoms with E-state index in [0.29, 0.717) is 0 Å². The van der Waals surface area contributed by atoms with Gasteiger partial charge in [0.2, 0.25) is 0 Å². The lowest BCUT2D eigenvalue weighted by atomic mass is 10.1. The zero-order chi connectivity index (χ0) is 8.10. The fourth-order valence-electron chi connectivity index (χ4n) is 1.07. The predicted octanol–water partition coefficient (Wildman–Crippen LogP) is 2.40. The van der Waals surface area contributed by atoms with Gasteiger partial charge in [0, 0.05) is 0 Å². The van der Waals surface area contributed by atoms with Crippen LogP contribution in [0, 0.1) is 0 Å². The third-order valence-corrected chi connectivity index (χ3v) is 1.73. The molecule has 0 saturated heterocycles. The minimum Gasteiger partial charge on any atom is -0.404 e. The highest BCUT2D eigenvalue weighted by Gasteiger charge is 1.94. The zero-order valence-electron chi connectivity index (χ0n) is 6.75. The summed E-state index contributed by atoms with van der Waals surface area (Å²) in [5.74, 6) is 0. The first-order valence-electron chi connectivity index (χ1n) is 3.84. The van der Waals surface area contributed by atoms with E-state index in [1.54, 1.807) is 6.20 Å². The Morgan fingerprint density at radius 1 is 1.36 bits per heavy atom. The zero-order valence-corrected chi connectivity index (χ0v) is 6.75. The van der Waals surface area contributed by atoms with Crippen molar-refractivity contribution in [1.82, 2.24) is 0 Å². The summed E-state index contributed by atoms with van der Waals surface area (Å²) in [4.78, 5) is 0. The Balaban J connectivity index is 2.92. The van der Waals surface area contributed by atoms with Gasteiger partial charge >= 0.3 is 0 Å². The van der Waals surface area contributed by atoms with E-state index in [1.807, 2.05) is 18.2 Å². The fraction of sp³-hybridized carbons (Fsp3) is 0.200. The molecule has 0 unspecified atom stereocenters. The first-order valence-corrected chi connectivity index (χ1v) is 3.84. The van der Waals surface area contributed by atoms with Gasteiger partial charge < -0.3 is 5.73 Å². The Hall–Kier alpha value is -1.24. The summed E-state index contributed by atoms with van der Waals surface area (Å²) in [5.41, 5.74) is 7.87. The molecule has 0 radical (unpaired) electrons. The van der Waals surface area contributed by atoms with E-state index < -0.39 is 0 Å². The lowest BCUT2D eigenvalue weighted by molar-refractivity contribution is 1.23. The summed E-state index contributed by atoms with van der Waals surface area (Å²) in [6.07, 6.45) is 2.66. The maximum atomic E-state index is 5.45. The molecule has 0 atom stereocenters. The van der Waals surface area contributed by atoms with Crippen LogP contribution in [0.15, 0.2) is 36.5 Å². The Labute approximate surface area is 67.5 Å². The maximum Gasteiger partial charge on any atom is -0.00238 e. The summed E-state index contributed by atoms with van der Waals surface area (Å²) < 4.78 is 0. The van der Waals surface area contributed by atoms with Gasteiger partial charge in [-0.1, -0.05) is 37.3 Å². The highest BCUT2D eigenvalue weighted by molar-refractivity contribution is 5.64. The molecular weight excluding hydrogens is 134 g/mol. The van der Waals surface area contributed by atoms with Gasteiger partial charge in [-0.2, -0.15) is 0 Å². The molecule has 1 nitrogen and oxygen atoms in total. The molecule has 1 rings (SSSR count). The van der Waals surface area contributed by atoms with Crippen LogP contribution in [0.5, 0.6) is 0 Å². The number of allylic oxidation sites excluding steroid dienone is 1. The summed E-state index contributed by atoms with van der Waals surface area (Å²) in [7, 11) is 0. The second-order valence-corrected chi connectivity index (χ2v) is 2.41. The second kappa shape index (κ2) is 3.81. The average molecular weight is 147 g/mol. The number of rotatable bonds is 2. The molecule has 58 valence electrons. The van der Waals surface area contributed by atoms with Gasteiger partial charge in [-0.25, -0.2) is 0 Å². The van der Waals surface area contributed by atoms with Crippen LogP contribution in [-0.2, 0) is 0 Å². The molecule has 0 heterocycles. The molecule has 0 aliphatic rings. The van der Waals surface area contributed by atoms with Crippen molar-refractivity contribution < 1.29 is 0 Å². The van der Waals surface area contributed by atoms with Crippen molar-refractivity contribution in [3.63, 3.8) is 0 Å². The van der Waals surface area contributed by atoms with Crippen molar-refractivity contribution in [3.8, 4) is 0 Å². The van der Waals surface area contributed by atoms with E-state index in [1.165, 1.54) is 11.1 Å². The molecule has 0 saturated carbocycles. The molecule has 0 bridgehead atoms. The van der Waals surface area contributed by atoms with Gasteiger partial charge in [-0.3, -0.25) is 0 Å². The van der Waals surface area contributed by atoms with Crippen molar-refractivity contribution in [1.29, 1.82) is 0 Å². The third-order valence-electron chi connectivity index (χ3n) is 1.73. The maximum absolute atomic E-state index is 5.45. The van der Waals surface area contributed by atoms with Crippen molar-refractivity contribution >= 4 is 5.57 Å². The number of nitrogens with two attached hydrogens (primary N) is 1. The lowest BCUT2D eigenvalue weighted by Gasteiger charge is -2.01. The predicted molar refractivity (Wildman–Crippen MR) is 48.9 cm³/mol. The molecule has 0 aliphatic carbocycles. The van der Waals surface area contributed by atoms with Crippen LogP contribution in [0.4, 0.5) is 0 Å². The normalized spacial score (nSPS) is 11.5. The van der Waals surface area contributed by atoms with E-state index in [0.717, 1.165) is 6.42 Å². The van der Waals surface area contributed by atoms with Crippen LogP contribution in [-0.4, -0.2) is 0 Å². The van der Waals surface area contributed by atoms with Crippen molar-refractivity contribution in [2.75, 3.05) is 0 Å². The largest absolute Gasteiger partial charge is 0.404 e. The summed E-state index contributed by atoms with van der Waals surface area (Å²) in [5, 5.41) is 0. The van der Waals surface area contributed by atoms with Crippen LogP contribution in [0.2, 0.25) is 0 Å².